The summed E-state index contributed by atoms with van der Waals surface area (Å²) in [5, 5.41) is 1.73. The second kappa shape index (κ2) is 21.1. The maximum atomic E-state index is 15.6. The quantitative estimate of drug-likeness (QED) is 0.0747. The zero-order valence-corrected chi connectivity index (χ0v) is 41.3. The van der Waals surface area contributed by atoms with Gasteiger partial charge in [0.15, 0.2) is 0 Å². The average Bonchev–Trinajstić information content (AvgIpc) is 3.25. The SMILES string of the molecule is CCC(COP(C(=O)c1c(C)cc(C)cc1C)c1ccccc1)(COP(C(=O)c1c(C)cc(C)cc1C)c1ccccc1)COP(=O)(C(=O)c1c(C)cc(C)cc1C)c1ccccc1. The molecule has 6 aromatic rings. The Kier molecular flexibility index (Phi) is 16.1. The number of carbonyl (C=O) groups is 3. The molecule has 332 valence electrons. The molecule has 0 saturated heterocycles. The predicted molar refractivity (Wildman–Crippen MR) is 265 cm³/mol. The van der Waals surface area contributed by atoms with Gasteiger partial charge in [-0.3, -0.25) is 18.9 Å². The molecule has 0 N–H and O–H groups in total. The van der Waals surface area contributed by atoms with Crippen LogP contribution in [0.15, 0.2) is 127 Å². The van der Waals surface area contributed by atoms with Crippen LogP contribution in [0.5, 0.6) is 0 Å². The highest BCUT2D eigenvalue weighted by Crippen LogP contribution is 2.53. The molecule has 0 spiro atoms. The molecule has 7 nitrogen and oxygen atoms in total. The summed E-state index contributed by atoms with van der Waals surface area (Å²) >= 11 is 0. The summed E-state index contributed by atoms with van der Waals surface area (Å²) in [6.07, 6.45) is 0.363. The van der Waals surface area contributed by atoms with Gasteiger partial charge in [0.2, 0.25) is 11.0 Å². The summed E-state index contributed by atoms with van der Waals surface area (Å²) < 4.78 is 36.2. The van der Waals surface area contributed by atoms with Crippen molar-refractivity contribution < 1.29 is 32.5 Å². The van der Waals surface area contributed by atoms with E-state index in [2.05, 4.69) is 0 Å². The minimum Gasteiger partial charge on any atom is -0.346 e. The van der Waals surface area contributed by atoms with Gasteiger partial charge in [0.05, 0.1) is 19.8 Å². The third kappa shape index (κ3) is 10.9. The summed E-state index contributed by atoms with van der Waals surface area (Å²) in [7, 11) is -8.17. The predicted octanol–water partition coefficient (Wildman–Crippen LogP) is 12.8. The zero-order chi connectivity index (χ0) is 46.3. The van der Waals surface area contributed by atoms with Crippen LogP contribution in [-0.4, -0.2) is 36.4 Å². The molecule has 0 aliphatic rings. The first-order valence-corrected chi connectivity index (χ1v) is 25.8. The van der Waals surface area contributed by atoms with Crippen molar-refractivity contribution in [1.82, 2.24) is 0 Å². The Morgan fingerprint density at radius 3 is 1.16 bits per heavy atom. The summed E-state index contributed by atoms with van der Waals surface area (Å²) in [5.41, 5.74) is 7.57. The van der Waals surface area contributed by atoms with E-state index in [0.29, 0.717) is 34.2 Å². The number of rotatable bonds is 19. The third-order valence-corrected chi connectivity index (χ3v) is 17.4. The average molecular weight is 913 g/mol. The van der Waals surface area contributed by atoms with E-state index in [1.165, 1.54) is 0 Å². The maximum absolute atomic E-state index is 15.6. The van der Waals surface area contributed by atoms with Crippen molar-refractivity contribution in [1.29, 1.82) is 0 Å². The number of benzene rings is 6. The van der Waals surface area contributed by atoms with Gasteiger partial charge in [-0.05, 0) is 114 Å². The number of hydrogen-bond donors (Lipinski definition) is 0. The van der Waals surface area contributed by atoms with Crippen LogP contribution >= 0.6 is 23.7 Å². The van der Waals surface area contributed by atoms with E-state index in [-0.39, 0.29) is 36.2 Å². The Hall–Kier alpha value is -4.70. The Morgan fingerprint density at radius 1 is 0.484 bits per heavy atom. The van der Waals surface area contributed by atoms with E-state index in [4.69, 9.17) is 13.6 Å². The Balaban J connectivity index is 1.46. The van der Waals surface area contributed by atoms with Crippen molar-refractivity contribution >= 4 is 56.2 Å². The smallest absolute Gasteiger partial charge is 0.300 e. The summed E-state index contributed by atoms with van der Waals surface area (Å²) in [6, 6.07) is 39.4. The van der Waals surface area contributed by atoms with Gasteiger partial charge in [-0.1, -0.05) is 139 Å². The second-order valence-corrected chi connectivity index (χ2v) is 22.9. The molecule has 10 heteroatoms. The second-order valence-electron chi connectivity index (χ2n) is 17.1. The minimum atomic E-state index is -4.32. The van der Waals surface area contributed by atoms with Crippen molar-refractivity contribution in [3.8, 4) is 0 Å². The lowest BCUT2D eigenvalue weighted by Crippen LogP contribution is -2.37. The van der Waals surface area contributed by atoms with Gasteiger partial charge in [-0.2, -0.15) is 0 Å². The molecule has 0 aromatic heterocycles. The lowest BCUT2D eigenvalue weighted by Gasteiger charge is -2.36. The molecule has 3 unspecified atom stereocenters. The molecular formula is C54H59O7P3. The summed E-state index contributed by atoms with van der Waals surface area (Å²) in [6.45, 7) is 19.0. The third-order valence-electron chi connectivity index (χ3n) is 11.7. The first kappa shape index (κ1) is 48.7. The normalized spacial score (nSPS) is 14.3. The van der Waals surface area contributed by atoms with Gasteiger partial charge in [0.1, 0.15) is 16.3 Å². The monoisotopic (exact) mass is 912 g/mol. The van der Waals surface area contributed by atoms with Gasteiger partial charge >= 0.3 is 7.37 Å². The number of aryl methyl sites for hydroxylation is 9. The van der Waals surface area contributed by atoms with Crippen molar-refractivity contribution in [2.24, 2.45) is 5.41 Å². The fourth-order valence-corrected chi connectivity index (χ4v) is 14.4. The zero-order valence-electron chi connectivity index (χ0n) is 38.7. The van der Waals surface area contributed by atoms with Crippen LogP contribution in [0.1, 0.15) is 94.5 Å². The molecular weight excluding hydrogens is 854 g/mol. The molecule has 0 aliphatic carbocycles. The maximum Gasteiger partial charge on any atom is 0.300 e. The lowest BCUT2D eigenvalue weighted by atomic mass is 9.88. The van der Waals surface area contributed by atoms with E-state index in [1.54, 1.807) is 30.3 Å². The molecule has 3 atom stereocenters. The van der Waals surface area contributed by atoms with Crippen LogP contribution in [0.2, 0.25) is 0 Å². The fraction of sp³-hybridized carbons (Fsp3) is 0.278. The van der Waals surface area contributed by atoms with Crippen LogP contribution in [0.25, 0.3) is 0 Å². The number of hydrogen-bond acceptors (Lipinski definition) is 7. The van der Waals surface area contributed by atoms with Gasteiger partial charge in [0.25, 0.3) is 5.52 Å². The van der Waals surface area contributed by atoms with Crippen LogP contribution in [-0.2, 0) is 18.1 Å². The molecule has 0 aliphatic heterocycles. The minimum absolute atomic E-state index is 0.0693. The molecule has 0 fully saturated rings. The lowest BCUT2D eigenvalue weighted by molar-refractivity contribution is 0.0390. The van der Waals surface area contributed by atoms with Gasteiger partial charge < -0.3 is 13.6 Å². The first-order valence-electron chi connectivity index (χ1n) is 21.6. The number of carbonyl (C=O) groups excluding carboxylic acids is 3. The van der Waals surface area contributed by atoms with Crippen LogP contribution in [0.3, 0.4) is 0 Å². The van der Waals surface area contributed by atoms with Crippen molar-refractivity contribution in [3.63, 3.8) is 0 Å². The van der Waals surface area contributed by atoms with Gasteiger partial charge in [-0.15, -0.1) is 0 Å². The molecule has 6 aromatic carbocycles. The van der Waals surface area contributed by atoms with Crippen molar-refractivity contribution in [2.45, 2.75) is 75.7 Å². The highest BCUT2D eigenvalue weighted by molar-refractivity contribution is 7.83. The molecule has 64 heavy (non-hydrogen) atoms. The van der Waals surface area contributed by atoms with Gasteiger partial charge in [0, 0.05) is 38.0 Å². The molecule has 0 amide bonds. The van der Waals surface area contributed by atoms with Crippen LogP contribution < -0.4 is 15.9 Å². The molecule has 0 radical (unpaired) electrons. The highest BCUT2D eigenvalue weighted by atomic mass is 31.2. The van der Waals surface area contributed by atoms with E-state index < -0.39 is 34.6 Å². The fourth-order valence-electron chi connectivity index (χ4n) is 8.47. The van der Waals surface area contributed by atoms with E-state index in [9.17, 15) is 14.4 Å². The topological polar surface area (TPSA) is 96.0 Å². The van der Waals surface area contributed by atoms with E-state index in [1.807, 2.05) is 166 Å². The Labute approximate surface area is 382 Å². The molecule has 6 rings (SSSR count). The Bertz CT molecular complexity index is 2510. The van der Waals surface area contributed by atoms with Crippen LogP contribution in [0, 0.1) is 67.7 Å². The molecule has 0 bridgehead atoms. The summed E-state index contributed by atoms with van der Waals surface area (Å²) in [4.78, 5) is 44.5. The van der Waals surface area contributed by atoms with Crippen LogP contribution in [0.4, 0.5) is 0 Å². The standard InChI is InChI=1S/C54H59O7P3/c1-11-54(33-59-62(45-21-15-12-16-22-45)51(55)48-39(5)27-36(2)28-40(48)6,34-60-63(46-23-17-13-18-24-46)52(56)49-41(7)29-37(3)30-42(49)8)35-61-64(58,47-25-19-14-20-26-47)53(57)50-43(9)31-38(4)32-44(50)10/h12-32H,11,33-35H2,1-10H3. The Morgan fingerprint density at radius 2 is 0.812 bits per heavy atom. The molecule has 0 heterocycles. The highest BCUT2D eigenvalue weighted by Gasteiger charge is 2.43. The summed E-state index contributed by atoms with van der Waals surface area (Å²) in [5.74, 6) is 0. The van der Waals surface area contributed by atoms with Crippen molar-refractivity contribution in [2.75, 3.05) is 19.8 Å². The van der Waals surface area contributed by atoms with Crippen molar-refractivity contribution in [3.05, 3.63) is 194 Å². The van der Waals surface area contributed by atoms with Gasteiger partial charge in [-0.25, -0.2) is 0 Å². The van der Waals surface area contributed by atoms with E-state index >= 15 is 4.57 Å². The first-order chi connectivity index (χ1) is 30.5. The largest absolute Gasteiger partial charge is 0.346 e. The van der Waals surface area contributed by atoms with E-state index in [0.717, 1.165) is 49.6 Å². The molecule has 0 saturated carbocycles.